The monoisotopic (exact) mass is 598 g/mol. The highest BCUT2D eigenvalue weighted by Crippen LogP contribution is 2.39. The molecule has 2 aliphatic heterocycles. The molecule has 1 aromatic heterocycles. The van der Waals surface area contributed by atoms with Gasteiger partial charge in [0.25, 0.3) is 5.91 Å². The number of rotatable bonds is 6. The second-order valence-electron chi connectivity index (χ2n) is 13.0. The average Bonchev–Trinajstić information content (AvgIpc) is 3.26. The van der Waals surface area contributed by atoms with E-state index in [-0.39, 0.29) is 49.8 Å². The van der Waals surface area contributed by atoms with E-state index in [0.717, 1.165) is 36.4 Å². The maximum Gasteiger partial charge on any atom is 0.251 e. The maximum atomic E-state index is 14.6. The SMILES string of the molecule is CC1(O)CC(C(=O)N(c2ccc3c(c2)NC(C)(C)CC3)C(C(=O)NC2CCC(F)(F)CC2)c2cncc(F)c2)N(C#N)C1. The van der Waals surface area contributed by atoms with Gasteiger partial charge in [0, 0.05) is 54.0 Å². The van der Waals surface area contributed by atoms with Gasteiger partial charge in [-0.2, -0.15) is 5.26 Å². The van der Waals surface area contributed by atoms with Gasteiger partial charge < -0.3 is 15.7 Å². The van der Waals surface area contributed by atoms with Crippen molar-refractivity contribution in [2.45, 2.75) is 101 Å². The molecule has 1 saturated carbocycles. The molecule has 230 valence electrons. The summed E-state index contributed by atoms with van der Waals surface area (Å²) in [6.45, 7) is 5.56. The Balaban J connectivity index is 1.60. The average molecular weight is 599 g/mol. The zero-order valence-electron chi connectivity index (χ0n) is 24.5. The number of nitrogens with one attached hydrogen (secondary N) is 2. The van der Waals surface area contributed by atoms with Gasteiger partial charge in [0.15, 0.2) is 6.19 Å². The van der Waals surface area contributed by atoms with E-state index in [2.05, 4.69) is 29.5 Å². The van der Waals surface area contributed by atoms with Crippen molar-refractivity contribution in [1.29, 1.82) is 5.26 Å². The van der Waals surface area contributed by atoms with Crippen LogP contribution >= 0.6 is 0 Å². The molecule has 0 spiro atoms. The molecule has 0 bridgehead atoms. The number of alkyl halides is 2. The summed E-state index contributed by atoms with van der Waals surface area (Å²) in [4.78, 5) is 34.9. The van der Waals surface area contributed by atoms with Crippen molar-refractivity contribution in [3.05, 3.63) is 53.6 Å². The number of aliphatic hydroxyl groups is 1. The molecule has 3 N–H and O–H groups in total. The van der Waals surface area contributed by atoms with Crippen LogP contribution in [0.3, 0.4) is 0 Å². The van der Waals surface area contributed by atoms with Gasteiger partial charge in [-0.3, -0.25) is 24.4 Å². The second kappa shape index (κ2) is 11.3. The van der Waals surface area contributed by atoms with Gasteiger partial charge in [-0.05, 0) is 70.2 Å². The van der Waals surface area contributed by atoms with E-state index in [9.17, 15) is 33.1 Å². The van der Waals surface area contributed by atoms with Crippen LogP contribution in [-0.4, -0.2) is 62.5 Å². The molecule has 2 aromatic rings. The molecule has 2 amide bonds. The summed E-state index contributed by atoms with van der Waals surface area (Å²) in [6.07, 6.45) is 5.18. The highest BCUT2D eigenvalue weighted by molar-refractivity contribution is 6.04. The molecule has 9 nitrogen and oxygen atoms in total. The molecule has 3 unspecified atom stereocenters. The number of hydrogen-bond donors (Lipinski definition) is 3. The van der Waals surface area contributed by atoms with Crippen LogP contribution < -0.4 is 15.5 Å². The van der Waals surface area contributed by atoms with Crippen LogP contribution in [0.4, 0.5) is 24.5 Å². The van der Waals surface area contributed by atoms with Crippen LogP contribution in [0, 0.1) is 17.3 Å². The van der Waals surface area contributed by atoms with E-state index < -0.39 is 47.3 Å². The third-order valence-corrected chi connectivity index (χ3v) is 8.65. The highest BCUT2D eigenvalue weighted by atomic mass is 19.3. The number of benzene rings is 1. The zero-order chi connectivity index (χ0) is 31.2. The van der Waals surface area contributed by atoms with Crippen LogP contribution in [0.25, 0.3) is 0 Å². The summed E-state index contributed by atoms with van der Waals surface area (Å²) in [5.41, 5.74) is 0.621. The minimum absolute atomic E-state index is 0.0480. The summed E-state index contributed by atoms with van der Waals surface area (Å²) in [6, 6.07) is 3.31. The molecule has 3 atom stereocenters. The number of carbonyl (C=O) groups is 2. The lowest BCUT2D eigenvalue weighted by atomic mass is 9.89. The Hall–Kier alpha value is -3.85. The number of amides is 2. The molecule has 0 radical (unpaired) electrons. The predicted molar refractivity (Wildman–Crippen MR) is 154 cm³/mol. The van der Waals surface area contributed by atoms with E-state index in [1.54, 1.807) is 12.1 Å². The van der Waals surface area contributed by atoms with Gasteiger partial charge in [0.05, 0.1) is 18.3 Å². The molecule has 1 aliphatic carbocycles. The fourth-order valence-electron chi connectivity index (χ4n) is 6.34. The second-order valence-corrected chi connectivity index (χ2v) is 13.0. The first-order chi connectivity index (χ1) is 20.2. The zero-order valence-corrected chi connectivity index (χ0v) is 24.5. The number of halogens is 3. The quantitative estimate of drug-likeness (QED) is 0.421. The van der Waals surface area contributed by atoms with Crippen LogP contribution in [0.5, 0.6) is 0 Å². The third-order valence-electron chi connectivity index (χ3n) is 8.65. The van der Waals surface area contributed by atoms with Crippen molar-refractivity contribution in [3.63, 3.8) is 0 Å². The van der Waals surface area contributed by atoms with Gasteiger partial charge in [0.2, 0.25) is 11.8 Å². The Kier molecular flexibility index (Phi) is 8.07. The number of aryl methyl sites for hydroxylation is 1. The number of nitriles is 1. The molecule has 2 fully saturated rings. The molecule has 12 heteroatoms. The first kappa shape index (κ1) is 30.6. The smallest absolute Gasteiger partial charge is 0.251 e. The molecular weight excluding hydrogens is 561 g/mol. The Labute approximate surface area is 249 Å². The van der Waals surface area contributed by atoms with Crippen LogP contribution in [-0.2, 0) is 16.0 Å². The van der Waals surface area contributed by atoms with Gasteiger partial charge in [-0.1, -0.05) is 6.07 Å². The Morgan fingerprint density at radius 1 is 1.19 bits per heavy atom. The maximum absolute atomic E-state index is 14.6. The first-order valence-electron chi connectivity index (χ1n) is 14.6. The van der Waals surface area contributed by atoms with Gasteiger partial charge >= 0.3 is 0 Å². The molecule has 5 rings (SSSR count). The first-order valence-corrected chi connectivity index (χ1v) is 14.6. The van der Waals surface area contributed by atoms with Crippen LogP contribution in [0.15, 0.2) is 36.7 Å². The number of fused-ring (bicyclic) bond motifs is 1. The molecule has 3 heterocycles. The number of likely N-dealkylation sites (tertiary alicyclic amines) is 1. The third kappa shape index (κ3) is 6.72. The summed E-state index contributed by atoms with van der Waals surface area (Å²) in [7, 11) is 0. The highest BCUT2D eigenvalue weighted by Gasteiger charge is 2.47. The van der Waals surface area contributed by atoms with Crippen molar-refractivity contribution in [3.8, 4) is 6.19 Å². The van der Waals surface area contributed by atoms with Crippen molar-refractivity contribution >= 4 is 23.2 Å². The number of nitrogens with zero attached hydrogens (tertiary/aromatic N) is 4. The normalized spacial score (nSPS) is 25.2. The number of hydrogen-bond acceptors (Lipinski definition) is 7. The molecule has 1 saturated heterocycles. The van der Waals surface area contributed by atoms with Crippen molar-refractivity contribution < 1.29 is 27.9 Å². The predicted octanol–water partition coefficient (Wildman–Crippen LogP) is 4.43. The van der Waals surface area contributed by atoms with Crippen LogP contribution in [0.2, 0.25) is 0 Å². The Bertz CT molecular complexity index is 1430. The fraction of sp³-hybridized carbons (Fsp3) is 0.548. The van der Waals surface area contributed by atoms with Crippen molar-refractivity contribution in [2.75, 3.05) is 16.8 Å². The summed E-state index contributed by atoms with van der Waals surface area (Å²) in [5, 5.41) is 26.9. The van der Waals surface area contributed by atoms with E-state index in [4.69, 9.17) is 0 Å². The number of β-amino-alcohol motifs (C(OH)–C–C–N with tert-alkyl or cyclic N) is 1. The lowest BCUT2D eigenvalue weighted by molar-refractivity contribution is -0.129. The number of carbonyl (C=O) groups excluding carboxylic acids is 2. The molecule has 3 aliphatic rings. The molecular formula is C31H37F3N6O3. The minimum atomic E-state index is -2.81. The van der Waals surface area contributed by atoms with E-state index in [1.807, 2.05) is 12.3 Å². The molecule has 1 aromatic carbocycles. The Morgan fingerprint density at radius 3 is 2.58 bits per heavy atom. The topological polar surface area (TPSA) is 122 Å². The minimum Gasteiger partial charge on any atom is -0.388 e. The standard InChI is InChI=1S/C31H37F3N6O3/c1-29(2)9-6-19-4-5-23(13-24(19)38-29)40(28(42)25-14-30(3,43)17-39(25)18-35)26(20-12-21(32)16-36-15-20)27(41)37-22-7-10-31(33,34)11-8-22/h4-5,12-13,15-16,22,25-26,38,43H,6-11,14,17H2,1-3H3,(H,37,41). The number of pyridine rings is 1. The van der Waals surface area contributed by atoms with Gasteiger partial charge in [-0.25, -0.2) is 13.2 Å². The number of anilines is 2. The van der Waals surface area contributed by atoms with Crippen LogP contribution in [0.1, 0.15) is 76.5 Å². The lowest BCUT2D eigenvalue weighted by Gasteiger charge is -2.38. The van der Waals surface area contributed by atoms with E-state index in [0.29, 0.717) is 5.69 Å². The summed E-state index contributed by atoms with van der Waals surface area (Å²) >= 11 is 0. The van der Waals surface area contributed by atoms with Gasteiger partial charge in [-0.15, -0.1) is 0 Å². The van der Waals surface area contributed by atoms with Gasteiger partial charge in [0.1, 0.15) is 17.9 Å². The van der Waals surface area contributed by atoms with E-state index in [1.165, 1.54) is 22.9 Å². The summed E-state index contributed by atoms with van der Waals surface area (Å²) in [5.74, 6) is -4.86. The lowest BCUT2D eigenvalue weighted by Crippen LogP contribution is -2.52. The summed E-state index contributed by atoms with van der Waals surface area (Å²) < 4.78 is 42.3. The van der Waals surface area contributed by atoms with E-state index >= 15 is 0 Å². The number of aromatic nitrogens is 1. The van der Waals surface area contributed by atoms with Crippen molar-refractivity contribution in [1.82, 2.24) is 15.2 Å². The fourth-order valence-corrected chi connectivity index (χ4v) is 6.34. The Morgan fingerprint density at radius 2 is 1.91 bits per heavy atom. The van der Waals surface area contributed by atoms with Crippen molar-refractivity contribution in [2.24, 2.45) is 0 Å². The molecule has 43 heavy (non-hydrogen) atoms. The largest absolute Gasteiger partial charge is 0.388 e.